The van der Waals surface area contributed by atoms with Crippen molar-refractivity contribution in [1.82, 2.24) is 16.2 Å². The third-order valence-electron chi connectivity index (χ3n) is 2.21. The van der Waals surface area contributed by atoms with E-state index in [-0.39, 0.29) is 17.3 Å². The summed E-state index contributed by atoms with van der Waals surface area (Å²) >= 11 is 0. The molecule has 0 bridgehead atoms. The first-order valence-electron chi connectivity index (χ1n) is 4.84. The highest BCUT2D eigenvalue weighted by atomic mass is 16.3. The number of rotatable bonds is 4. The summed E-state index contributed by atoms with van der Waals surface area (Å²) in [6.45, 7) is 0. The van der Waals surface area contributed by atoms with Crippen LogP contribution in [0.1, 0.15) is 20.7 Å². The molecule has 0 aliphatic rings. The lowest BCUT2D eigenvalue weighted by atomic mass is 10.1. The van der Waals surface area contributed by atoms with E-state index in [1.807, 2.05) is 0 Å². The average Bonchev–Trinajstić information content (AvgIpc) is 2.44. The first-order chi connectivity index (χ1) is 8.51. The molecule has 2 amide bonds. The van der Waals surface area contributed by atoms with Crippen LogP contribution in [-0.4, -0.2) is 35.9 Å². The van der Waals surface area contributed by atoms with Gasteiger partial charge in [-0.05, 0) is 24.3 Å². The van der Waals surface area contributed by atoms with E-state index < -0.39 is 11.8 Å². The molecule has 0 fully saturated rings. The van der Waals surface area contributed by atoms with Crippen molar-refractivity contribution in [3.63, 3.8) is 0 Å². The lowest BCUT2D eigenvalue weighted by Gasteiger charge is -2.09. The molecular formula is C10H13N5O4. The van der Waals surface area contributed by atoms with Gasteiger partial charge in [-0.1, -0.05) is 0 Å². The van der Waals surface area contributed by atoms with Crippen molar-refractivity contribution in [2.45, 2.75) is 0 Å². The SMILES string of the molecule is CN(N=O)C(=O)c1ccc(C(=O)N(C)N=O)cc1.N. The Kier molecular flexibility index (Phi) is 5.94. The fourth-order valence-electron chi connectivity index (χ4n) is 1.20. The zero-order chi connectivity index (χ0) is 13.7. The minimum absolute atomic E-state index is 0. The van der Waals surface area contributed by atoms with Gasteiger partial charge in [-0.3, -0.25) is 9.59 Å². The highest BCUT2D eigenvalue weighted by Crippen LogP contribution is 2.09. The largest absolute Gasteiger partial charge is 0.344 e. The Labute approximate surface area is 108 Å². The molecule has 9 nitrogen and oxygen atoms in total. The van der Waals surface area contributed by atoms with Crippen molar-refractivity contribution in [2.24, 2.45) is 10.6 Å². The summed E-state index contributed by atoms with van der Waals surface area (Å²) < 4.78 is 0. The van der Waals surface area contributed by atoms with E-state index in [0.717, 1.165) is 0 Å². The maximum atomic E-state index is 11.5. The van der Waals surface area contributed by atoms with Crippen LogP contribution in [0.3, 0.4) is 0 Å². The lowest BCUT2D eigenvalue weighted by molar-refractivity contribution is 0.0785. The molecule has 3 N–H and O–H groups in total. The third kappa shape index (κ3) is 3.64. The van der Waals surface area contributed by atoms with Crippen molar-refractivity contribution >= 4 is 11.8 Å². The van der Waals surface area contributed by atoms with Gasteiger partial charge in [0, 0.05) is 25.2 Å². The maximum absolute atomic E-state index is 11.5. The summed E-state index contributed by atoms with van der Waals surface area (Å²) in [6.07, 6.45) is 0. The molecule has 1 aromatic carbocycles. The number of nitroso groups, excluding NO2 is 2. The highest BCUT2D eigenvalue weighted by Gasteiger charge is 2.15. The Bertz CT molecular complexity index is 442. The van der Waals surface area contributed by atoms with Crippen LogP contribution in [0.2, 0.25) is 0 Å². The third-order valence-corrected chi connectivity index (χ3v) is 2.21. The van der Waals surface area contributed by atoms with Gasteiger partial charge in [-0.2, -0.15) is 10.0 Å². The Morgan fingerprint density at radius 3 is 1.32 bits per heavy atom. The average molecular weight is 267 g/mol. The quantitative estimate of drug-likeness (QED) is 0.648. The molecular weight excluding hydrogens is 254 g/mol. The van der Waals surface area contributed by atoms with Crippen LogP contribution >= 0.6 is 0 Å². The van der Waals surface area contributed by atoms with Gasteiger partial charge < -0.3 is 6.15 Å². The van der Waals surface area contributed by atoms with Crippen LogP contribution < -0.4 is 6.15 Å². The predicted molar refractivity (Wildman–Crippen MR) is 67.2 cm³/mol. The number of nitrogens with zero attached hydrogens (tertiary/aromatic N) is 4. The summed E-state index contributed by atoms with van der Waals surface area (Å²) in [6, 6.07) is 5.43. The van der Waals surface area contributed by atoms with Crippen LogP contribution in [0.5, 0.6) is 0 Å². The fourth-order valence-corrected chi connectivity index (χ4v) is 1.20. The lowest BCUT2D eigenvalue weighted by Crippen LogP contribution is -2.22. The number of amides is 2. The van der Waals surface area contributed by atoms with Gasteiger partial charge in [0.25, 0.3) is 11.8 Å². The van der Waals surface area contributed by atoms with E-state index in [1.54, 1.807) is 0 Å². The fraction of sp³-hybridized carbons (Fsp3) is 0.200. The first kappa shape index (κ1) is 16.3. The monoisotopic (exact) mass is 267 g/mol. The highest BCUT2D eigenvalue weighted by molar-refractivity contribution is 5.97. The Morgan fingerprint density at radius 1 is 0.842 bits per heavy atom. The molecule has 0 aromatic heterocycles. The number of hydrogen-bond donors (Lipinski definition) is 1. The predicted octanol–water partition coefficient (Wildman–Crippen LogP) is 1.36. The second kappa shape index (κ2) is 6.91. The van der Waals surface area contributed by atoms with E-state index in [0.29, 0.717) is 10.0 Å². The Hall–Kier alpha value is -2.68. The van der Waals surface area contributed by atoms with E-state index in [2.05, 4.69) is 10.6 Å². The molecule has 0 saturated heterocycles. The molecule has 0 aliphatic carbocycles. The molecule has 1 rings (SSSR count). The minimum Gasteiger partial charge on any atom is -0.344 e. The van der Waals surface area contributed by atoms with Crippen molar-refractivity contribution in [3.05, 3.63) is 45.2 Å². The van der Waals surface area contributed by atoms with Gasteiger partial charge in [0.2, 0.25) is 0 Å². The topological polar surface area (TPSA) is 134 Å². The molecule has 102 valence electrons. The molecule has 0 saturated carbocycles. The zero-order valence-electron chi connectivity index (χ0n) is 10.4. The molecule has 0 atom stereocenters. The smallest absolute Gasteiger partial charge is 0.276 e. The van der Waals surface area contributed by atoms with Gasteiger partial charge in [-0.25, -0.2) is 0 Å². The summed E-state index contributed by atoms with van der Waals surface area (Å²) in [5.74, 6) is -1.18. The van der Waals surface area contributed by atoms with Crippen LogP contribution in [-0.2, 0) is 0 Å². The first-order valence-corrected chi connectivity index (χ1v) is 4.84. The molecule has 0 aliphatic heterocycles. The molecule has 0 spiro atoms. The van der Waals surface area contributed by atoms with E-state index in [9.17, 15) is 19.4 Å². The second-order valence-corrected chi connectivity index (χ2v) is 3.40. The summed E-state index contributed by atoms with van der Waals surface area (Å²) in [7, 11) is 2.44. The van der Waals surface area contributed by atoms with Crippen molar-refractivity contribution in [3.8, 4) is 0 Å². The summed E-state index contributed by atoms with van der Waals surface area (Å²) in [5, 5.41) is 6.20. The van der Waals surface area contributed by atoms with Crippen LogP contribution in [0.25, 0.3) is 0 Å². The number of benzene rings is 1. The van der Waals surface area contributed by atoms with Crippen molar-refractivity contribution < 1.29 is 9.59 Å². The normalized spacial score (nSPS) is 8.95. The van der Waals surface area contributed by atoms with Crippen LogP contribution in [0, 0.1) is 9.81 Å². The van der Waals surface area contributed by atoms with Gasteiger partial charge in [-0.15, -0.1) is 9.81 Å². The number of hydrogen-bond acceptors (Lipinski definition) is 7. The Balaban J connectivity index is 0.00000324. The number of carbonyl (C=O) groups excluding carboxylic acids is 2. The summed E-state index contributed by atoms with van der Waals surface area (Å²) in [5.41, 5.74) is 0.408. The maximum Gasteiger partial charge on any atom is 0.276 e. The number of carbonyl (C=O) groups is 2. The van der Waals surface area contributed by atoms with Gasteiger partial charge in [0.15, 0.2) is 0 Å². The molecule has 19 heavy (non-hydrogen) atoms. The van der Waals surface area contributed by atoms with Gasteiger partial charge in [0.05, 0.1) is 10.6 Å². The van der Waals surface area contributed by atoms with Crippen LogP contribution in [0.4, 0.5) is 0 Å². The van der Waals surface area contributed by atoms with Gasteiger partial charge in [0.1, 0.15) is 0 Å². The molecule has 0 radical (unpaired) electrons. The van der Waals surface area contributed by atoms with Gasteiger partial charge >= 0.3 is 0 Å². The van der Waals surface area contributed by atoms with E-state index >= 15 is 0 Å². The van der Waals surface area contributed by atoms with E-state index in [1.165, 1.54) is 38.4 Å². The molecule has 1 aromatic rings. The standard InChI is InChI=1S/C10H10N4O4.H3N/c1-13(11-17)9(15)7-3-5-8(6-4-7)10(16)14(2)12-18;/h3-6H,1-2H3;1H3. The van der Waals surface area contributed by atoms with Crippen molar-refractivity contribution in [2.75, 3.05) is 14.1 Å². The second-order valence-electron chi connectivity index (χ2n) is 3.40. The molecule has 0 heterocycles. The summed E-state index contributed by atoms with van der Waals surface area (Å²) in [4.78, 5) is 43.4. The minimum atomic E-state index is -0.592. The Morgan fingerprint density at radius 2 is 1.11 bits per heavy atom. The van der Waals surface area contributed by atoms with Crippen molar-refractivity contribution in [1.29, 1.82) is 0 Å². The van der Waals surface area contributed by atoms with E-state index in [4.69, 9.17) is 0 Å². The molecule has 9 heteroatoms. The zero-order valence-corrected chi connectivity index (χ0v) is 10.4. The van der Waals surface area contributed by atoms with Crippen LogP contribution in [0.15, 0.2) is 34.8 Å². The molecule has 0 unspecified atom stereocenters.